The smallest absolute Gasteiger partial charge is 0.164 e. The van der Waals surface area contributed by atoms with E-state index in [4.69, 9.17) is 19.4 Å². The summed E-state index contributed by atoms with van der Waals surface area (Å²) >= 11 is 0. The zero-order valence-corrected chi connectivity index (χ0v) is 27.7. The third-order valence-corrected chi connectivity index (χ3v) is 9.71. The van der Waals surface area contributed by atoms with Gasteiger partial charge in [0, 0.05) is 49.4 Å². The van der Waals surface area contributed by atoms with Gasteiger partial charge in [-0.25, -0.2) is 15.0 Å². The Kier molecular flexibility index (Phi) is 6.76. The molecule has 0 aliphatic rings. The Morgan fingerprint density at radius 1 is 0.481 bits per heavy atom. The van der Waals surface area contributed by atoms with Crippen molar-refractivity contribution in [2.24, 2.45) is 0 Å². The Morgan fingerprint density at radius 2 is 1.08 bits per heavy atom. The highest BCUT2D eigenvalue weighted by atomic mass is 16.3. The van der Waals surface area contributed by atoms with Gasteiger partial charge in [-0.05, 0) is 42.5 Å². The summed E-state index contributed by atoms with van der Waals surface area (Å²) in [5, 5.41) is 14.7. The SMILES string of the molecule is N#Cc1ccccc1-c1cc(-c2nc(-c3ccccc3)nc(-c3ccccc3)n2)ccc1-n1c2ccccc2c2ccc3c4ccccc4oc3c21. The fraction of sp³-hybridized carbons (Fsp3) is 0. The number of benzene rings is 7. The average molecular weight is 666 g/mol. The van der Waals surface area contributed by atoms with Crippen molar-refractivity contribution in [3.8, 4) is 57.0 Å². The van der Waals surface area contributed by atoms with Crippen molar-refractivity contribution in [2.45, 2.75) is 0 Å². The standard InChI is InChI=1S/C46H27N5O/c47-28-32-17-7-8-18-33(32)38-27-31(46-49-44(29-13-3-1-4-14-29)48-45(50-46)30-15-5-2-6-16-30)23-26-40(38)51-39-21-11-9-19-34(39)36-24-25-37-35-20-10-12-22-41(35)52-43(37)42(36)51/h1-27H. The topological polar surface area (TPSA) is 80.5 Å². The summed E-state index contributed by atoms with van der Waals surface area (Å²) < 4.78 is 8.93. The molecule has 3 heterocycles. The fourth-order valence-corrected chi connectivity index (χ4v) is 7.32. The van der Waals surface area contributed by atoms with E-state index in [9.17, 15) is 5.26 Å². The van der Waals surface area contributed by atoms with E-state index in [-0.39, 0.29) is 0 Å². The molecule has 3 aromatic heterocycles. The number of aromatic nitrogens is 4. The minimum Gasteiger partial charge on any atom is -0.454 e. The molecule has 0 fully saturated rings. The molecule has 0 N–H and O–H groups in total. The predicted octanol–water partition coefficient (Wildman–Crippen LogP) is 11.4. The van der Waals surface area contributed by atoms with Crippen LogP contribution < -0.4 is 0 Å². The van der Waals surface area contributed by atoms with Gasteiger partial charge in [-0.2, -0.15) is 5.26 Å². The molecule has 0 radical (unpaired) electrons. The van der Waals surface area contributed by atoms with E-state index in [0.717, 1.165) is 77.2 Å². The van der Waals surface area contributed by atoms with Crippen LogP contribution >= 0.6 is 0 Å². The van der Waals surface area contributed by atoms with Crippen LogP contribution in [0.4, 0.5) is 0 Å². The highest BCUT2D eigenvalue weighted by Gasteiger charge is 2.23. The van der Waals surface area contributed by atoms with Gasteiger partial charge < -0.3 is 8.98 Å². The van der Waals surface area contributed by atoms with Crippen molar-refractivity contribution in [3.05, 3.63) is 169 Å². The number of furan rings is 1. The van der Waals surface area contributed by atoms with E-state index < -0.39 is 0 Å². The van der Waals surface area contributed by atoms with Gasteiger partial charge in [-0.15, -0.1) is 0 Å². The molecule has 0 aliphatic carbocycles. The molecule has 0 spiro atoms. The highest BCUT2D eigenvalue weighted by Crippen LogP contribution is 2.43. The van der Waals surface area contributed by atoms with Crippen molar-refractivity contribution in [3.63, 3.8) is 0 Å². The number of para-hydroxylation sites is 2. The molecular weight excluding hydrogens is 639 g/mol. The van der Waals surface area contributed by atoms with Gasteiger partial charge in [0.15, 0.2) is 23.1 Å². The van der Waals surface area contributed by atoms with Crippen molar-refractivity contribution in [1.29, 1.82) is 5.26 Å². The lowest BCUT2D eigenvalue weighted by Gasteiger charge is -2.17. The Morgan fingerprint density at radius 3 is 1.81 bits per heavy atom. The van der Waals surface area contributed by atoms with Crippen LogP contribution in [-0.4, -0.2) is 19.5 Å². The Balaban J connectivity index is 1.29. The lowest BCUT2D eigenvalue weighted by molar-refractivity contribution is 0.671. The van der Waals surface area contributed by atoms with Crippen LogP contribution in [0.5, 0.6) is 0 Å². The van der Waals surface area contributed by atoms with Crippen LogP contribution in [-0.2, 0) is 0 Å². The lowest BCUT2D eigenvalue weighted by Crippen LogP contribution is -2.02. The summed E-state index contributed by atoms with van der Waals surface area (Å²) in [6.45, 7) is 0. The van der Waals surface area contributed by atoms with Gasteiger partial charge in [0.05, 0.1) is 28.4 Å². The Labute approximate surface area is 298 Å². The molecular formula is C46H27N5O. The van der Waals surface area contributed by atoms with Crippen LogP contribution in [0.2, 0.25) is 0 Å². The number of hydrogen-bond donors (Lipinski definition) is 0. The molecule has 6 nitrogen and oxygen atoms in total. The monoisotopic (exact) mass is 665 g/mol. The van der Waals surface area contributed by atoms with E-state index in [1.165, 1.54) is 0 Å². The molecule has 0 saturated heterocycles. The second-order valence-electron chi connectivity index (χ2n) is 12.7. The number of nitriles is 1. The first-order valence-corrected chi connectivity index (χ1v) is 17.1. The first-order valence-electron chi connectivity index (χ1n) is 17.1. The van der Waals surface area contributed by atoms with Gasteiger partial charge >= 0.3 is 0 Å². The summed E-state index contributed by atoms with van der Waals surface area (Å²) in [7, 11) is 0. The molecule has 0 atom stereocenters. The van der Waals surface area contributed by atoms with E-state index in [2.05, 4.69) is 71.3 Å². The normalized spacial score (nSPS) is 11.4. The van der Waals surface area contributed by atoms with Crippen LogP contribution in [0.15, 0.2) is 168 Å². The van der Waals surface area contributed by atoms with Crippen LogP contribution in [0.25, 0.3) is 94.7 Å². The van der Waals surface area contributed by atoms with Crippen molar-refractivity contribution < 1.29 is 4.42 Å². The summed E-state index contributed by atoms with van der Waals surface area (Å²) in [6, 6.07) is 57.3. The minimum absolute atomic E-state index is 0.539. The summed E-state index contributed by atoms with van der Waals surface area (Å²) in [6.07, 6.45) is 0. The first kappa shape index (κ1) is 29.5. The molecule has 10 aromatic rings. The van der Waals surface area contributed by atoms with Gasteiger partial charge in [-0.3, -0.25) is 0 Å². The van der Waals surface area contributed by atoms with Gasteiger partial charge in [0.25, 0.3) is 0 Å². The summed E-state index contributed by atoms with van der Waals surface area (Å²) in [4.78, 5) is 15.0. The predicted molar refractivity (Wildman–Crippen MR) is 208 cm³/mol. The average Bonchev–Trinajstić information content (AvgIpc) is 3.77. The molecule has 7 aromatic carbocycles. The maximum atomic E-state index is 10.4. The third-order valence-electron chi connectivity index (χ3n) is 9.71. The Hall–Kier alpha value is -7.36. The molecule has 0 amide bonds. The zero-order chi connectivity index (χ0) is 34.6. The molecule has 0 saturated carbocycles. The van der Waals surface area contributed by atoms with E-state index >= 15 is 0 Å². The first-order chi connectivity index (χ1) is 25.7. The molecule has 10 rings (SSSR count). The van der Waals surface area contributed by atoms with Crippen LogP contribution in [0.1, 0.15) is 5.56 Å². The number of hydrogen-bond acceptors (Lipinski definition) is 5. The second kappa shape index (κ2) is 11.9. The maximum absolute atomic E-state index is 10.4. The van der Waals surface area contributed by atoms with Crippen molar-refractivity contribution in [2.75, 3.05) is 0 Å². The van der Waals surface area contributed by atoms with Crippen LogP contribution in [0.3, 0.4) is 0 Å². The van der Waals surface area contributed by atoms with E-state index in [1.54, 1.807) is 0 Å². The van der Waals surface area contributed by atoms with Crippen LogP contribution in [0, 0.1) is 11.3 Å². The molecule has 0 aliphatic heterocycles. The second-order valence-corrected chi connectivity index (χ2v) is 12.7. The molecule has 242 valence electrons. The van der Waals surface area contributed by atoms with E-state index in [0.29, 0.717) is 23.0 Å². The fourth-order valence-electron chi connectivity index (χ4n) is 7.32. The van der Waals surface area contributed by atoms with E-state index in [1.807, 2.05) is 103 Å². The van der Waals surface area contributed by atoms with Gasteiger partial charge in [-0.1, -0.05) is 121 Å². The molecule has 6 heteroatoms. The summed E-state index contributed by atoms with van der Waals surface area (Å²) in [5.41, 5.74) is 9.42. The summed E-state index contributed by atoms with van der Waals surface area (Å²) in [5.74, 6) is 1.71. The maximum Gasteiger partial charge on any atom is 0.164 e. The van der Waals surface area contributed by atoms with Crippen molar-refractivity contribution >= 4 is 43.7 Å². The highest BCUT2D eigenvalue weighted by molar-refractivity contribution is 6.21. The Bertz CT molecular complexity index is 2970. The van der Waals surface area contributed by atoms with Gasteiger partial charge in [0.1, 0.15) is 5.58 Å². The third kappa shape index (κ3) is 4.68. The number of fused-ring (bicyclic) bond motifs is 7. The minimum atomic E-state index is 0.539. The van der Waals surface area contributed by atoms with Crippen molar-refractivity contribution in [1.82, 2.24) is 19.5 Å². The zero-order valence-electron chi connectivity index (χ0n) is 27.7. The molecule has 0 bridgehead atoms. The number of rotatable bonds is 5. The lowest BCUT2D eigenvalue weighted by atomic mass is 9.96. The van der Waals surface area contributed by atoms with Gasteiger partial charge in [0.2, 0.25) is 0 Å². The molecule has 52 heavy (non-hydrogen) atoms. The largest absolute Gasteiger partial charge is 0.454 e. The quantitative estimate of drug-likeness (QED) is 0.183. The molecule has 0 unspecified atom stereocenters. The number of nitrogens with zero attached hydrogens (tertiary/aromatic N) is 5.